The summed E-state index contributed by atoms with van der Waals surface area (Å²) in [6.45, 7) is 6.53. The van der Waals surface area contributed by atoms with Crippen molar-refractivity contribution in [3.05, 3.63) is 85.1 Å². The Bertz CT molecular complexity index is 1480. The summed E-state index contributed by atoms with van der Waals surface area (Å²) in [5.74, 6) is -0.867. The minimum absolute atomic E-state index is 0.0749. The fourth-order valence-electron chi connectivity index (χ4n) is 9.62. The van der Waals surface area contributed by atoms with E-state index in [9.17, 15) is 14.4 Å². The number of hydrogen-bond donors (Lipinski definition) is 0. The second-order valence-corrected chi connectivity index (χ2v) is 22.4. The monoisotopic (exact) mass is 1090 g/mol. The highest BCUT2D eigenvalue weighted by molar-refractivity contribution is 5.71. The number of ether oxygens (including phenoxy) is 3. The van der Waals surface area contributed by atoms with E-state index in [0.29, 0.717) is 19.3 Å². The van der Waals surface area contributed by atoms with E-state index in [4.69, 9.17) is 14.2 Å². The summed E-state index contributed by atoms with van der Waals surface area (Å²) in [4.78, 5) is 38.3. The van der Waals surface area contributed by atoms with Crippen LogP contribution in [0.15, 0.2) is 85.1 Å². The maximum atomic E-state index is 12.9. The second-order valence-electron chi connectivity index (χ2n) is 22.4. The summed E-state index contributed by atoms with van der Waals surface area (Å²) in [6.07, 6.45) is 87.4. The van der Waals surface area contributed by atoms with E-state index in [1.807, 2.05) is 0 Å². The Morgan fingerprint density at radius 3 is 0.808 bits per heavy atom. The predicted octanol–water partition coefficient (Wildman–Crippen LogP) is 23.1. The van der Waals surface area contributed by atoms with E-state index in [-0.39, 0.29) is 31.1 Å². The average molecular weight is 1090 g/mol. The molecule has 0 aliphatic rings. The lowest BCUT2D eigenvalue weighted by molar-refractivity contribution is -0.167. The van der Waals surface area contributed by atoms with Crippen LogP contribution >= 0.6 is 0 Å². The van der Waals surface area contributed by atoms with Gasteiger partial charge in [0.25, 0.3) is 0 Å². The Morgan fingerprint density at radius 2 is 0.500 bits per heavy atom. The van der Waals surface area contributed by atoms with Crippen LogP contribution in [0.25, 0.3) is 0 Å². The fourth-order valence-corrected chi connectivity index (χ4v) is 9.62. The smallest absolute Gasteiger partial charge is 0.306 e. The highest BCUT2D eigenvalue weighted by Crippen LogP contribution is 2.17. The maximum Gasteiger partial charge on any atom is 0.306 e. The Kier molecular flexibility index (Phi) is 63.2. The van der Waals surface area contributed by atoms with E-state index in [2.05, 4.69) is 106 Å². The van der Waals surface area contributed by atoms with Gasteiger partial charge in [-0.05, 0) is 96.3 Å². The molecule has 78 heavy (non-hydrogen) atoms. The number of rotatable bonds is 61. The zero-order valence-electron chi connectivity index (χ0n) is 51.7. The van der Waals surface area contributed by atoms with Crippen LogP contribution in [-0.2, 0) is 28.6 Å². The molecule has 0 radical (unpaired) electrons. The van der Waals surface area contributed by atoms with Crippen molar-refractivity contribution in [1.29, 1.82) is 0 Å². The topological polar surface area (TPSA) is 78.9 Å². The molecule has 0 N–H and O–H groups in total. The van der Waals surface area contributed by atoms with Crippen molar-refractivity contribution in [2.24, 2.45) is 0 Å². The molecule has 0 aromatic carbocycles. The van der Waals surface area contributed by atoms with E-state index in [1.54, 1.807) is 0 Å². The van der Waals surface area contributed by atoms with Crippen LogP contribution in [0.3, 0.4) is 0 Å². The zero-order chi connectivity index (χ0) is 56.4. The van der Waals surface area contributed by atoms with Crippen molar-refractivity contribution in [2.75, 3.05) is 13.2 Å². The second kappa shape index (κ2) is 66.1. The Balaban J connectivity index is 4.19. The molecular formula is C72H126O6. The van der Waals surface area contributed by atoms with Crippen LogP contribution in [0.1, 0.15) is 335 Å². The third-order valence-corrected chi connectivity index (χ3v) is 14.6. The van der Waals surface area contributed by atoms with Crippen LogP contribution < -0.4 is 0 Å². The summed E-state index contributed by atoms with van der Waals surface area (Å²) >= 11 is 0. The van der Waals surface area contributed by atoms with Gasteiger partial charge in [-0.15, -0.1) is 0 Å². The van der Waals surface area contributed by atoms with Gasteiger partial charge < -0.3 is 14.2 Å². The van der Waals surface area contributed by atoms with Gasteiger partial charge in [-0.1, -0.05) is 305 Å². The Hall–Kier alpha value is -3.41. The number of carbonyl (C=O) groups excluding carboxylic acids is 3. The highest BCUT2D eigenvalue weighted by atomic mass is 16.6. The SMILES string of the molecule is CC/C=C\C/C=C\C/C=C\C/C=C\C/C=C\CCCCCCCCCCCCCCCCCC(=O)OCC(COC(=O)CCCCCCCCCCCCCC)OC(=O)CCCCCCCCC/C=C\C/C=C\CCCCC. The van der Waals surface area contributed by atoms with Crippen LogP contribution in [0.5, 0.6) is 0 Å². The molecule has 6 heteroatoms. The first kappa shape index (κ1) is 74.6. The summed E-state index contributed by atoms with van der Waals surface area (Å²) in [7, 11) is 0. The molecule has 0 saturated carbocycles. The molecule has 450 valence electrons. The van der Waals surface area contributed by atoms with Crippen molar-refractivity contribution in [3.63, 3.8) is 0 Å². The molecule has 1 unspecified atom stereocenters. The van der Waals surface area contributed by atoms with Crippen LogP contribution in [-0.4, -0.2) is 37.2 Å². The van der Waals surface area contributed by atoms with Gasteiger partial charge in [0.05, 0.1) is 0 Å². The van der Waals surface area contributed by atoms with Crippen molar-refractivity contribution >= 4 is 17.9 Å². The van der Waals surface area contributed by atoms with Gasteiger partial charge in [-0.2, -0.15) is 0 Å². The van der Waals surface area contributed by atoms with Crippen molar-refractivity contribution in [1.82, 2.24) is 0 Å². The molecule has 0 aromatic rings. The Morgan fingerprint density at radius 1 is 0.269 bits per heavy atom. The van der Waals surface area contributed by atoms with Crippen LogP contribution in [0.2, 0.25) is 0 Å². The highest BCUT2D eigenvalue weighted by Gasteiger charge is 2.19. The summed E-state index contributed by atoms with van der Waals surface area (Å²) < 4.78 is 16.9. The predicted molar refractivity (Wildman–Crippen MR) is 339 cm³/mol. The molecule has 0 fully saturated rings. The molecule has 6 nitrogen and oxygen atoms in total. The normalized spacial score (nSPS) is 12.6. The van der Waals surface area contributed by atoms with E-state index in [0.717, 1.165) is 103 Å². The van der Waals surface area contributed by atoms with Crippen LogP contribution in [0, 0.1) is 0 Å². The molecule has 0 amide bonds. The van der Waals surface area contributed by atoms with E-state index < -0.39 is 6.10 Å². The van der Waals surface area contributed by atoms with E-state index in [1.165, 1.54) is 193 Å². The zero-order valence-corrected chi connectivity index (χ0v) is 51.7. The Labute approximate surface area is 484 Å². The van der Waals surface area contributed by atoms with E-state index >= 15 is 0 Å². The van der Waals surface area contributed by atoms with Gasteiger partial charge in [0.15, 0.2) is 6.10 Å². The van der Waals surface area contributed by atoms with Crippen molar-refractivity contribution in [2.45, 2.75) is 341 Å². The van der Waals surface area contributed by atoms with Gasteiger partial charge in [-0.3, -0.25) is 14.4 Å². The number of esters is 3. The molecule has 0 aromatic heterocycles. The molecular weight excluding hydrogens is 961 g/mol. The van der Waals surface area contributed by atoms with Gasteiger partial charge in [0, 0.05) is 19.3 Å². The van der Waals surface area contributed by atoms with Crippen molar-refractivity contribution < 1.29 is 28.6 Å². The summed E-state index contributed by atoms with van der Waals surface area (Å²) in [6, 6.07) is 0. The molecule has 0 bridgehead atoms. The van der Waals surface area contributed by atoms with Gasteiger partial charge in [-0.25, -0.2) is 0 Å². The maximum absolute atomic E-state index is 12.9. The molecule has 0 rings (SSSR count). The van der Waals surface area contributed by atoms with Gasteiger partial charge in [0.1, 0.15) is 13.2 Å². The first-order valence-electron chi connectivity index (χ1n) is 33.6. The summed E-state index contributed by atoms with van der Waals surface area (Å²) in [5.41, 5.74) is 0. The molecule has 0 aliphatic heterocycles. The fraction of sp³-hybridized carbons (Fsp3) is 0.764. The van der Waals surface area contributed by atoms with Crippen molar-refractivity contribution in [3.8, 4) is 0 Å². The molecule has 0 aliphatic carbocycles. The third kappa shape index (κ3) is 63.4. The molecule has 1 atom stereocenters. The molecule has 0 saturated heterocycles. The quantitative estimate of drug-likeness (QED) is 0.0261. The minimum atomic E-state index is -0.778. The number of carbonyl (C=O) groups is 3. The standard InChI is InChI=1S/C72H126O6/c1-4-7-10-13-16-19-22-25-27-29-30-31-32-33-34-35-36-37-38-39-40-41-42-44-45-47-50-53-56-59-62-65-71(74)77-68-69(67-76-70(73)64-61-58-55-52-49-24-21-18-15-12-9-6-3)78-72(75)66-63-60-57-54-51-48-46-43-28-26-23-20-17-14-11-8-5-2/h7,10,16-17,19-20,25-28,30-31,33-34,69H,4-6,8-9,11-15,18,21-24,29,32,35-68H2,1-3H3/b10-7-,19-16-,20-17-,27-25-,28-26-,31-30-,34-33-. The van der Waals surface area contributed by atoms with Gasteiger partial charge in [0.2, 0.25) is 0 Å². The van der Waals surface area contributed by atoms with Gasteiger partial charge >= 0.3 is 17.9 Å². The largest absolute Gasteiger partial charge is 0.462 e. The minimum Gasteiger partial charge on any atom is -0.462 e. The summed E-state index contributed by atoms with van der Waals surface area (Å²) in [5, 5.41) is 0. The number of unbranched alkanes of at least 4 members (excludes halogenated alkanes) is 36. The van der Waals surface area contributed by atoms with Crippen LogP contribution in [0.4, 0.5) is 0 Å². The first-order valence-corrected chi connectivity index (χ1v) is 33.6. The third-order valence-electron chi connectivity index (χ3n) is 14.6. The number of allylic oxidation sites excluding steroid dienone is 14. The lowest BCUT2D eigenvalue weighted by Gasteiger charge is -2.18. The average Bonchev–Trinajstić information content (AvgIpc) is 3.44. The molecule has 0 spiro atoms. The lowest BCUT2D eigenvalue weighted by Crippen LogP contribution is -2.30. The molecule has 0 heterocycles. The lowest BCUT2D eigenvalue weighted by atomic mass is 10.0. The number of hydrogen-bond acceptors (Lipinski definition) is 6. The first-order chi connectivity index (χ1) is 38.5.